The Morgan fingerprint density at radius 2 is 1.76 bits per heavy atom. The van der Waals surface area contributed by atoms with Crippen molar-refractivity contribution in [3.63, 3.8) is 0 Å². The number of rotatable bonds is 4. The molecule has 0 radical (unpaired) electrons. The molecule has 0 aliphatic carbocycles. The second-order valence-corrected chi connectivity index (χ2v) is 8.06. The summed E-state index contributed by atoms with van der Waals surface area (Å²) >= 11 is 0. The Morgan fingerprint density at radius 3 is 2.52 bits per heavy atom. The number of nitrogens with one attached hydrogen (secondary N) is 4. The van der Waals surface area contributed by atoms with Crippen molar-refractivity contribution >= 4 is 16.7 Å². The van der Waals surface area contributed by atoms with Crippen molar-refractivity contribution in [2.75, 3.05) is 5.32 Å². The molecule has 2 saturated heterocycles. The number of hydrogen-bond acceptors (Lipinski definition) is 6. The van der Waals surface area contributed by atoms with Crippen molar-refractivity contribution in [3.8, 4) is 22.4 Å². The van der Waals surface area contributed by atoms with Gasteiger partial charge in [0.05, 0.1) is 23.6 Å². The summed E-state index contributed by atoms with van der Waals surface area (Å²) in [6, 6.07) is 9.97. The van der Waals surface area contributed by atoms with E-state index in [-0.39, 0.29) is 0 Å². The number of hydrogen-bond donors (Lipinski definition) is 4. The summed E-state index contributed by atoms with van der Waals surface area (Å²) in [5.74, 6) is 0.843. The molecule has 4 N–H and O–H groups in total. The molecule has 29 heavy (non-hydrogen) atoms. The molecule has 0 spiro atoms. The quantitative estimate of drug-likeness (QED) is 0.429. The molecule has 0 saturated carbocycles. The molecule has 2 fully saturated rings. The number of benzene rings is 1. The first kappa shape index (κ1) is 16.7. The van der Waals surface area contributed by atoms with Gasteiger partial charge in [-0.15, -0.1) is 10.2 Å². The molecule has 2 aliphatic heterocycles. The number of nitrogens with zero attached hydrogens (tertiary/aromatic N) is 4. The maximum atomic E-state index is 4.50. The van der Waals surface area contributed by atoms with Crippen molar-refractivity contribution in [2.24, 2.45) is 0 Å². The average molecular weight is 386 g/mol. The predicted octanol–water partition coefficient (Wildman–Crippen LogP) is 3.10. The van der Waals surface area contributed by atoms with E-state index in [2.05, 4.69) is 53.4 Å². The zero-order valence-corrected chi connectivity index (χ0v) is 15.9. The van der Waals surface area contributed by atoms with Gasteiger partial charge < -0.3 is 10.6 Å². The van der Waals surface area contributed by atoms with Crippen LogP contribution in [0.2, 0.25) is 0 Å². The van der Waals surface area contributed by atoms with Gasteiger partial charge in [0.1, 0.15) is 5.82 Å². The highest BCUT2D eigenvalue weighted by molar-refractivity contribution is 6.01. The highest BCUT2D eigenvalue weighted by Crippen LogP contribution is 2.33. The zero-order chi connectivity index (χ0) is 19.2. The van der Waals surface area contributed by atoms with Crippen molar-refractivity contribution in [2.45, 2.75) is 43.8 Å². The molecule has 4 aromatic rings. The van der Waals surface area contributed by atoms with Crippen LogP contribution in [-0.2, 0) is 0 Å². The lowest BCUT2D eigenvalue weighted by molar-refractivity contribution is 0.377. The number of fused-ring (bicyclic) bond motifs is 3. The van der Waals surface area contributed by atoms with Gasteiger partial charge in [0.15, 0.2) is 0 Å². The van der Waals surface area contributed by atoms with E-state index < -0.39 is 0 Å². The Morgan fingerprint density at radius 1 is 0.897 bits per heavy atom. The van der Waals surface area contributed by atoms with E-state index >= 15 is 0 Å². The maximum Gasteiger partial charge on any atom is 0.148 e. The highest BCUT2D eigenvalue weighted by Gasteiger charge is 2.33. The molecule has 5 heterocycles. The molecule has 1 unspecified atom stereocenters. The molecule has 2 aliphatic rings. The minimum absolute atomic E-state index is 0.474. The third-order valence-electron chi connectivity index (χ3n) is 6.19. The number of aromatic nitrogens is 6. The summed E-state index contributed by atoms with van der Waals surface area (Å²) in [6.45, 7) is 0. The van der Waals surface area contributed by atoms with Gasteiger partial charge in [0.25, 0.3) is 0 Å². The molecule has 8 nitrogen and oxygen atoms in total. The SMILES string of the molecule is c1n[nH]cc1-c1ccc(-c2ccc(NC3C[C@H]4CC[C@@H](C3)N4)nn2)c2[nH]ncc12. The van der Waals surface area contributed by atoms with Crippen LogP contribution in [0, 0.1) is 0 Å². The van der Waals surface area contributed by atoms with Crippen LogP contribution in [0.3, 0.4) is 0 Å². The van der Waals surface area contributed by atoms with Crippen LogP contribution in [-0.4, -0.2) is 48.7 Å². The summed E-state index contributed by atoms with van der Waals surface area (Å²) in [5, 5.41) is 31.5. The van der Waals surface area contributed by atoms with Crippen molar-refractivity contribution in [1.82, 2.24) is 35.9 Å². The predicted molar refractivity (Wildman–Crippen MR) is 111 cm³/mol. The van der Waals surface area contributed by atoms with Crippen LogP contribution in [0.15, 0.2) is 42.9 Å². The minimum Gasteiger partial charge on any atom is -0.366 e. The van der Waals surface area contributed by atoms with Crippen LogP contribution in [0.4, 0.5) is 5.82 Å². The van der Waals surface area contributed by atoms with E-state index in [9.17, 15) is 0 Å². The maximum absolute atomic E-state index is 4.50. The molecule has 3 aromatic heterocycles. The summed E-state index contributed by atoms with van der Waals surface area (Å²) in [6.07, 6.45) is 10.4. The van der Waals surface area contributed by atoms with Gasteiger partial charge in [0, 0.05) is 40.8 Å². The van der Waals surface area contributed by atoms with Crippen LogP contribution in [0.5, 0.6) is 0 Å². The van der Waals surface area contributed by atoms with E-state index in [1.165, 1.54) is 12.8 Å². The summed E-state index contributed by atoms with van der Waals surface area (Å²) in [7, 11) is 0. The third kappa shape index (κ3) is 2.96. The van der Waals surface area contributed by atoms with Gasteiger partial charge in [-0.25, -0.2) is 0 Å². The first-order valence-electron chi connectivity index (χ1n) is 10.2. The lowest BCUT2D eigenvalue weighted by atomic mass is 9.99. The molecule has 6 rings (SSSR count). The smallest absolute Gasteiger partial charge is 0.148 e. The van der Waals surface area contributed by atoms with Crippen LogP contribution in [0.1, 0.15) is 25.7 Å². The van der Waals surface area contributed by atoms with Gasteiger partial charge >= 0.3 is 0 Å². The standard InChI is InChI=1S/C21H22N8/c1-2-14-8-15(7-13(1)25-14)26-20-6-5-19(27-28-20)17-4-3-16(12-9-22-23-10-12)18-11-24-29-21(17)18/h3-6,9-11,13-15,25H,1-2,7-8H2,(H,22,23)(H,24,29)(H,26,28)/t13-,14+,15?. The number of piperidine rings is 1. The topological polar surface area (TPSA) is 107 Å². The first-order chi connectivity index (χ1) is 14.3. The second kappa shape index (κ2) is 6.66. The molecular weight excluding hydrogens is 364 g/mol. The molecule has 3 atom stereocenters. The van der Waals surface area contributed by atoms with E-state index in [1.54, 1.807) is 0 Å². The largest absolute Gasteiger partial charge is 0.366 e. The highest BCUT2D eigenvalue weighted by atomic mass is 15.2. The summed E-state index contributed by atoms with van der Waals surface area (Å²) < 4.78 is 0. The Bertz CT molecular complexity index is 1120. The molecule has 1 aromatic carbocycles. The number of H-pyrrole nitrogens is 2. The van der Waals surface area contributed by atoms with E-state index in [0.717, 1.165) is 51.9 Å². The normalized spacial score (nSPS) is 23.5. The van der Waals surface area contributed by atoms with Crippen LogP contribution in [0.25, 0.3) is 33.3 Å². The van der Waals surface area contributed by atoms with Crippen molar-refractivity contribution < 1.29 is 0 Å². The van der Waals surface area contributed by atoms with E-state index in [1.807, 2.05) is 30.7 Å². The Labute approximate surface area is 167 Å². The average Bonchev–Trinajstić information content (AvgIpc) is 3.49. The fourth-order valence-corrected chi connectivity index (χ4v) is 4.84. The van der Waals surface area contributed by atoms with E-state index in [0.29, 0.717) is 18.1 Å². The molecule has 0 amide bonds. The lowest BCUT2D eigenvalue weighted by Crippen LogP contribution is -2.43. The van der Waals surface area contributed by atoms with Crippen LogP contribution >= 0.6 is 0 Å². The van der Waals surface area contributed by atoms with Crippen LogP contribution < -0.4 is 10.6 Å². The zero-order valence-electron chi connectivity index (χ0n) is 15.9. The monoisotopic (exact) mass is 386 g/mol. The molecule has 146 valence electrons. The fourth-order valence-electron chi connectivity index (χ4n) is 4.84. The Balaban J connectivity index is 1.27. The number of anilines is 1. The van der Waals surface area contributed by atoms with Gasteiger partial charge in [-0.05, 0) is 49.4 Å². The summed E-state index contributed by atoms with van der Waals surface area (Å²) in [4.78, 5) is 0. The van der Waals surface area contributed by atoms with Gasteiger partial charge in [-0.3, -0.25) is 10.2 Å². The number of aromatic amines is 2. The lowest BCUT2D eigenvalue weighted by Gasteiger charge is -2.29. The Hall–Kier alpha value is -3.26. The first-order valence-corrected chi connectivity index (χ1v) is 10.2. The molecular formula is C21H22N8. The van der Waals surface area contributed by atoms with Gasteiger partial charge in [0.2, 0.25) is 0 Å². The van der Waals surface area contributed by atoms with Crippen molar-refractivity contribution in [3.05, 3.63) is 42.9 Å². The minimum atomic E-state index is 0.474. The third-order valence-corrected chi connectivity index (χ3v) is 6.19. The second-order valence-electron chi connectivity index (χ2n) is 8.06. The van der Waals surface area contributed by atoms with E-state index in [4.69, 9.17) is 0 Å². The van der Waals surface area contributed by atoms with Gasteiger partial charge in [-0.1, -0.05) is 6.07 Å². The van der Waals surface area contributed by atoms with Crippen molar-refractivity contribution in [1.29, 1.82) is 0 Å². The molecule has 8 heteroatoms. The summed E-state index contributed by atoms with van der Waals surface area (Å²) in [5.41, 5.74) is 4.88. The Kier molecular flexibility index (Phi) is 3.83. The fraction of sp³-hybridized carbons (Fsp3) is 0.333. The van der Waals surface area contributed by atoms with Gasteiger partial charge in [-0.2, -0.15) is 10.2 Å². The molecule has 2 bridgehead atoms.